The van der Waals surface area contributed by atoms with Gasteiger partial charge >= 0.3 is 12.1 Å². The highest BCUT2D eigenvalue weighted by molar-refractivity contribution is 5.74. The van der Waals surface area contributed by atoms with E-state index in [9.17, 15) is 9.59 Å². The van der Waals surface area contributed by atoms with Crippen molar-refractivity contribution in [3.63, 3.8) is 0 Å². The number of ether oxygens (including phenoxy) is 2. The van der Waals surface area contributed by atoms with E-state index in [2.05, 4.69) is 6.92 Å². The Labute approximate surface area is 106 Å². The molecule has 2 aliphatic heterocycles. The highest BCUT2D eigenvalue weighted by atomic mass is 16.6. The van der Waals surface area contributed by atoms with Gasteiger partial charge in [-0.3, -0.25) is 9.69 Å². The van der Waals surface area contributed by atoms with Gasteiger partial charge in [0.2, 0.25) is 0 Å². The average molecular weight is 251 g/mol. The van der Waals surface area contributed by atoms with Crippen molar-refractivity contribution in [1.29, 1.82) is 0 Å². The Morgan fingerprint density at radius 2 is 2.33 bits per heavy atom. The van der Waals surface area contributed by atoms with Crippen LogP contribution in [0, 0.1) is 0 Å². The third kappa shape index (κ3) is 1.46. The van der Waals surface area contributed by atoms with Crippen molar-refractivity contribution in [2.24, 2.45) is 0 Å². The summed E-state index contributed by atoms with van der Waals surface area (Å²) in [5.74, 6) is -0.320. The highest BCUT2D eigenvalue weighted by Crippen LogP contribution is 2.44. The lowest BCUT2D eigenvalue weighted by Crippen LogP contribution is -2.41. The molecule has 3 rings (SSSR count). The molecule has 2 heterocycles. The Kier molecular flexibility index (Phi) is 2.57. The van der Waals surface area contributed by atoms with E-state index in [4.69, 9.17) is 9.47 Å². The molecule has 1 aliphatic carbocycles. The molecule has 5 heteroatoms. The van der Waals surface area contributed by atoms with E-state index in [1.807, 2.05) is 0 Å². The molecule has 0 N–H and O–H groups in total. The molecule has 5 nitrogen and oxygen atoms in total. The molecule has 1 amide bonds. The van der Waals surface area contributed by atoms with Crippen molar-refractivity contribution in [3.05, 3.63) is 11.1 Å². The number of hydrogen-bond acceptors (Lipinski definition) is 4. The number of carbonyl (C=O) groups excluding carboxylic acids is 2. The van der Waals surface area contributed by atoms with Gasteiger partial charge in [0.25, 0.3) is 0 Å². The first-order valence-electron chi connectivity index (χ1n) is 6.49. The van der Waals surface area contributed by atoms with Crippen molar-refractivity contribution >= 4 is 12.1 Å². The maximum absolute atomic E-state index is 11.8. The summed E-state index contributed by atoms with van der Waals surface area (Å²) in [7, 11) is 0. The lowest BCUT2D eigenvalue weighted by Gasteiger charge is -2.28. The van der Waals surface area contributed by atoms with Gasteiger partial charge in [0, 0.05) is 13.5 Å². The molecule has 0 radical (unpaired) electrons. The predicted molar refractivity (Wildman–Crippen MR) is 62.9 cm³/mol. The van der Waals surface area contributed by atoms with E-state index in [1.54, 1.807) is 4.90 Å². The molecule has 0 spiro atoms. The van der Waals surface area contributed by atoms with Crippen LogP contribution in [0.5, 0.6) is 0 Å². The number of hydrogen-bond donors (Lipinski definition) is 0. The van der Waals surface area contributed by atoms with Gasteiger partial charge in [0.1, 0.15) is 0 Å². The number of carbonyl (C=O) groups is 2. The molecule has 0 aromatic rings. The van der Waals surface area contributed by atoms with Crippen LogP contribution >= 0.6 is 0 Å². The zero-order valence-corrected chi connectivity index (χ0v) is 10.6. The maximum Gasteiger partial charge on any atom is 0.410 e. The molecular weight excluding hydrogens is 234 g/mol. The monoisotopic (exact) mass is 251 g/mol. The number of amides is 1. The summed E-state index contributed by atoms with van der Waals surface area (Å²) in [5, 5.41) is 0. The topological polar surface area (TPSA) is 55.8 Å². The summed E-state index contributed by atoms with van der Waals surface area (Å²) < 4.78 is 10.8. The van der Waals surface area contributed by atoms with Crippen LogP contribution in [0.15, 0.2) is 11.1 Å². The second-order valence-corrected chi connectivity index (χ2v) is 5.02. The fourth-order valence-corrected chi connectivity index (χ4v) is 3.45. The Bertz CT molecular complexity index is 442. The molecule has 3 aliphatic rings. The van der Waals surface area contributed by atoms with Gasteiger partial charge in [-0.2, -0.15) is 0 Å². The number of nitrogens with zero attached hydrogens (tertiary/aromatic N) is 1. The molecule has 3 unspecified atom stereocenters. The first-order valence-corrected chi connectivity index (χ1v) is 6.49. The van der Waals surface area contributed by atoms with Gasteiger partial charge in [0.05, 0.1) is 6.04 Å². The van der Waals surface area contributed by atoms with Gasteiger partial charge < -0.3 is 9.47 Å². The van der Waals surface area contributed by atoms with E-state index < -0.39 is 0 Å². The molecule has 2 saturated heterocycles. The molecular formula is C13H17NO4. The fraction of sp³-hybridized carbons (Fsp3) is 0.692. The van der Waals surface area contributed by atoms with Crippen LogP contribution in [0.25, 0.3) is 0 Å². The summed E-state index contributed by atoms with van der Waals surface area (Å²) in [6.45, 7) is 4.20. The van der Waals surface area contributed by atoms with Crippen LogP contribution in [0.3, 0.4) is 0 Å². The van der Waals surface area contributed by atoms with Crippen LogP contribution in [0.4, 0.5) is 4.79 Å². The van der Waals surface area contributed by atoms with Crippen LogP contribution in [0.1, 0.15) is 33.1 Å². The minimum atomic E-state index is -0.375. The van der Waals surface area contributed by atoms with E-state index >= 15 is 0 Å². The molecule has 0 aromatic heterocycles. The third-order valence-corrected chi connectivity index (χ3v) is 4.05. The zero-order valence-electron chi connectivity index (χ0n) is 10.6. The summed E-state index contributed by atoms with van der Waals surface area (Å²) in [6, 6.07) is 0.00514. The Balaban J connectivity index is 1.99. The summed E-state index contributed by atoms with van der Waals surface area (Å²) >= 11 is 0. The standard InChI is InChI=1S/C13H17NO4/c1-3-8-9-5-4-6-14-10(9)12(18-13(14)16)11(8)17-7(2)15/h10-12H,3-6H2,1-2H3. The van der Waals surface area contributed by atoms with E-state index in [0.29, 0.717) is 0 Å². The molecule has 3 atom stereocenters. The maximum atomic E-state index is 11.8. The molecule has 2 fully saturated rings. The summed E-state index contributed by atoms with van der Waals surface area (Å²) in [5.41, 5.74) is 2.41. The first-order chi connectivity index (χ1) is 8.63. The fourth-order valence-electron chi connectivity index (χ4n) is 3.45. The molecule has 0 aromatic carbocycles. The predicted octanol–water partition coefficient (Wildman–Crippen LogP) is 1.62. The second kappa shape index (κ2) is 4.00. The second-order valence-electron chi connectivity index (χ2n) is 5.02. The van der Waals surface area contributed by atoms with E-state index in [1.165, 1.54) is 12.5 Å². The molecule has 0 bridgehead atoms. The van der Waals surface area contributed by atoms with Crippen LogP contribution in [-0.2, 0) is 14.3 Å². The van der Waals surface area contributed by atoms with Gasteiger partial charge in [0.15, 0.2) is 12.2 Å². The van der Waals surface area contributed by atoms with Crippen LogP contribution in [0.2, 0.25) is 0 Å². The van der Waals surface area contributed by atoms with Crippen molar-refractivity contribution in [3.8, 4) is 0 Å². The largest absolute Gasteiger partial charge is 0.454 e. The lowest BCUT2D eigenvalue weighted by molar-refractivity contribution is -0.148. The zero-order chi connectivity index (χ0) is 12.9. The summed E-state index contributed by atoms with van der Waals surface area (Å²) in [4.78, 5) is 24.8. The first kappa shape index (κ1) is 11.6. The summed E-state index contributed by atoms with van der Waals surface area (Å²) in [6.07, 6.45) is 1.81. The number of piperidine rings is 1. The highest BCUT2D eigenvalue weighted by Gasteiger charge is 2.56. The SMILES string of the molecule is CCC1=C2CCCN3C(=O)OC(C1OC(C)=O)C23. The smallest absolute Gasteiger partial charge is 0.410 e. The Morgan fingerprint density at radius 1 is 1.56 bits per heavy atom. The normalized spacial score (nSPS) is 33.6. The van der Waals surface area contributed by atoms with Crippen LogP contribution in [-0.4, -0.2) is 41.8 Å². The van der Waals surface area contributed by atoms with E-state index in [-0.39, 0.29) is 30.3 Å². The number of rotatable bonds is 2. The minimum Gasteiger partial charge on any atom is -0.454 e. The molecule has 18 heavy (non-hydrogen) atoms. The van der Waals surface area contributed by atoms with Gasteiger partial charge in [-0.25, -0.2) is 4.79 Å². The average Bonchev–Trinajstić information content (AvgIpc) is 2.80. The van der Waals surface area contributed by atoms with Gasteiger partial charge in [-0.05, 0) is 30.4 Å². The lowest BCUT2D eigenvalue weighted by atomic mass is 9.96. The molecule has 0 saturated carbocycles. The van der Waals surface area contributed by atoms with Gasteiger partial charge in [-0.15, -0.1) is 0 Å². The Morgan fingerprint density at radius 3 is 3.00 bits per heavy atom. The van der Waals surface area contributed by atoms with E-state index in [0.717, 1.165) is 31.4 Å². The third-order valence-electron chi connectivity index (χ3n) is 4.05. The van der Waals surface area contributed by atoms with Gasteiger partial charge in [-0.1, -0.05) is 6.92 Å². The van der Waals surface area contributed by atoms with Crippen molar-refractivity contribution < 1.29 is 19.1 Å². The number of esters is 1. The van der Waals surface area contributed by atoms with Crippen molar-refractivity contribution in [1.82, 2.24) is 4.90 Å². The minimum absolute atomic E-state index is 0.00514. The quantitative estimate of drug-likeness (QED) is 0.553. The van der Waals surface area contributed by atoms with Crippen molar-refractivity contribution in [2.75, 3.05) is 6.54 Å². The Hall–Kier alpha value is -1.52. The molecule has 98 valence electrons. The van der Waals surface area contributed by atoms with Crippen LogP contribution < -0.4 is 0 Å². The van der Waals surface area contributed by atoms with Crippen molar-refractivity contribution in [2.45, 2.75) is 51.4 Å².